The molecule has 4 nitrogen and oxygen atoms in total. The summed E-state index contributed by atoms with van der Waals surface area (Å²) in [6, 6.07) is 28.8. The summed E-state index contributed by atoms with van der Waals surface area (Å²) in [7, 11) is 0. The molecule has 1 aliphatic rings. The number of para-hydroxylation sites is 2. The number of aromatic nitrogens is 1. The Labute approximate surface area is 234 Å². The number of aliphatic imine (C=N–C) groups is 1. The van der Waals surface area contributed by atoms with E-state index in [1.165, 1.54) is 51.9 Å². The van der Waals surface area contributed by atoms with Gasteiger partial charge in [-0.2, -0.15) is 0 Å². The van der Waals surface area contributed by atoms with Crippen LogP contribution in [0, 0.1) is 6.92 Å². The second-order valence-electron chi connectivity index (χ2n) is 10.3. The van der Waals surface area contributed by atoms with Crippen LogP contribution in [0.5, 0.6) is 0 Å². The highest BCUT2D eigenvalue weighted by Gasteiger charge is 2.24. The van der Waals surface area contributed by atoms with E-state index in [1.54, 1.807) is 11.3 Å². The fourth-order valence-corrected chi connectivity index (χ4v) is 6.89. The van der Waals surface area contributed by atoms with Gasteiger partial charge in [-0.25, -0.2) is 4.99 Å². The first-order valence-electron chi connectivity index (χ1n) is 13.9. The lowest BCUT2D eigenvalue weighted by Gasteiger charge is -2.12. The van der Waals surface area contributed by atoms with Crippen LogP contribution >= 0.6 is 11.3 Å². The van der Waals surface area contributed by atoms with Gasteiger partial charge in [0.05, 0.1) is 5.56 Å². The summed E-state index contributed by atoms with van der Waals surface area (Å²) in [5.74, 6) is -0.0605. The smallest absolute Gasteiger partial charge is 0.259 e. The first kappa shape index (κ1) is 25.3. The van der Waals surface area contributed by atoms with Crippen molar-refractivity contribution in [2.24, 2.45) is 4.99 Å². The molecule has 2 aromatic heterocycles. The number of thiophene rings is 1. The maximum absolute atomic E-state index is 13.7. The van der Waals surface area contributed by atoms with Gasteiger partial charge < -0.3 is 9.88 Å². The molecule has 0 bridgehead atoms. The van der Waals surface area contributed by atoms with Crippen LogP contribution in [0.25, 0.3) is 10.9 Å². The van der Waals surface area contributed by atoms with Crippen molar-refractivity contribution in [2.45, 2.75) is 52.0 Å². The van der Waals surface area contributed by atoms with E-state index in [2.05, 4.69) is 71.4 Å². The summed E-state index contributed by atoms with van der Waals surface area (Å²) >= 11 is 1.70. The van der Waals surface area contributed by atoms with E-state index in [1.807, 2.05) is 36.5 Å². The largest absolute Gasteiger partial charge is 0.340 e. The maximum Gasteiger partial charge on any atom is 0.259 e. The van der Waals surface area contributed by atoms with E-state index < -0.39 is 0 Å². The van der Waals surface area contributed by atoms with E-state index in [0.717, 1.165) is 47.6 Å². The number of amides is 1. The van der Waals surface area contributed by atoms with Gasteiger partial charge in [-0.15, -0.1) is 11.3 Å². The number of anilines is 1. The van der Waals surface area contributed by atoms with Crippen LogP contribution < -0.4 is 5.32 Å². The molecule has 0 saturated carbocycles. The van der Waals surface area contributed by atoms with Crippen LogP contribution in [-0.4, -0.2) is 16.7 Å². The summed E-state index contributed by atoms with van der Waals surface area (Å²) in [4.78, 5) is 20.1. The van der Waals surface area contributed by atoms with Crippen molar-refractivity contribution in [2.75, 3.05) is 5.32 Å². The average Bonchev–Trinajstić information content (AvgIpc) is 3.42. The number of hydrogen-bond acceptors (Lipinski definition) is 3. The Hall–Kier alpha value is -3.96. The fraction of sp³-hybridized carbons (Fsp3) is 0.235. The molecule has 0 saturated heterocycles. The van der Waals surface area contributed by atoms with Crippen molar-refractivity contribution in [3.63, 3.8) is 0 Å². The number of rotatable bonds is 6. The lowest BCUT2D eigenvalue weighted by atomic mass is 9.96. The van der Waals surface area contributed by atoms with Crippen molar-refractivity contribution >= 4 is 45.0 Å². The van der Waals surface area contributed by atoms with Gasteiger partial charge in [-0.1, -0.05) is 79.6 Å². The minimum atomic E-state index is -0.0605. The van der Waals surface area contributed by atoms with Crippen molar-refractivity contribution < 1.29 is 4.79 Å². The molecule has 0 fully saturated rings. The fourth-order valence-electron chi connectivity index (χ4n) is 5.66. The molecule has 2 heterocycles. The molecule has 0 unspecified atom stereocenters. The minimum Gasteiger partial charge on any atom is -0.340 e. The van der Waals surface area contributed by atoms with Crippen LogP contribution in [-0.2, 0) is 19.4 Å². The Kier molecular flexibility index (Phi) is 7.42. The van der Waals surface area contributed by atoms with Crippen molar-refractivity contribution in [1.29, 1.82) is 0 Å². The van der Waals surface area contributed by atoms with Gasteiger partial charge in [-0.05, 0) is 61.9 Å². The average molecular weight is 532 g/mol. The minimum absolute atomic E-state index is 0.0605. The van der Waals surface area contributed by atoms with E-state index in [9.17, 15) is 4.79 Å². The molecule has 196 valence electrons. The lowest BCUT2D eigenvalue weighted by Crippen LogP contribution is -2.14. The van der Waals surface area contributed by atoms with Crippen molar-refractivity contribution in [3.8, 4) is 0 Å². The Balaban J connectivity index is 1.41. The molecule has 39 heavy (non-hydrogen) atoms. The quantitative estimate of drug-likeness (QED) is 0.219. The molecule has 1 N–H and O–H groups in total. The summed E-state index contributed by atoms with van der Waals surface area (Å²) in [6.45, 7) is 2.97. The molecule has 6 rings (SSSR count). The Morgan fingerprint density at radius 2 is 1.59 bits per heavy atom. The molecule has 5 aromatic rings. The predicted molar refractivity (Wildman–Crippen MR) is 164 cm³/mol. The molecule has 1 aliphatic carbocycles. The molecule has 3 aromatic carbocycles. The Morgan fingerprint density at radius 3 is 2.38 bits per heavy atom. The number of nitrogens with zero attached hydrogens (tertiary/aromatic N) is 2. The molecule has 0 aliphatic heterocycles. The van der Waals surface area contributed by atoms with Crippen LogP contribution in [0.3, 0.4) is 0 Å². The van der Waals surface area contributed by atoms with Crippen molar-refractivity contribution in [3.05, 3.63) is 118 Å². The van der Waals surface area contributed by atoms with E-state index in [4.69, 9.17) is 4.99 Å². The summed E-state index contributed by atoms with van der Waals surface area (Å²) in [5, 5.41) is 5.13. The van der Waals surface area contributed by atoms with Crippen LogP contribution in [0.4, 0.5) is 10.7 Å². The van der Waals surface area contributed by atoms with Crippen LogP contribution in [0.15, 0.2) is 89.9 Å². The zero-order valence-corrected chi connectivity index (χ0v) is 23.1. The zero-order chi connectivity index (χ0) is 26.6. The molecule has 0 atom stereocenters. The second-order valence-corrected chi connectivity index (χ2v) is 11.3. The van der Waals surface area contributed by atoms with Gasteiger partial charge in [0.1, 0.15) is 5.00 Å². The summed E-state index contributed by atoms with van der Waals surface area (Å²) < 4.78 is 2.36. The number of carbonyl (C=O) groups is 1. The van der Waals surface area contributed by atoms with Crippen molar-refractivity contribution in [1.82, 2.24) is 4.57 Å². The second kappa shape index (κ2) is 11.4. The summed E-state index contributed by atoms with van der Waals surface area (Å²) in [6.07, 6.45) is 8.70. The van der Waals surface area contributed by atoms with Crippen LogP contribution in [0.2, 0.25) is 0 Å². The number of hydrogen-bond donors (Lipinski definition) is 1. The van der Waals surface area contributed by atoms with Gasteiger partial charge in [-0.3, -0.25) is 4.79 Å². The lowest BCUT2D eigenvalue weighted by molar-refractivity contribution is 0.102. The Bertz CT molecular complexity index is 1630. The maximum atomic E-state index is 13.7. The highest BCUT2D eigenvalue weighted by molar-refractivity contribution is 7.16. The molecular formula is C34H33N3OS. The van der Waals surface area contributed by atoms with Crippen LogP contribution in [0.1, 0.15) is 63.3 Å². The number of aryl methyl sites for hydroxylation is 1. The van der Waals surface area contributed by atoms with Gasteiger partial charge in [0, 0.05) is 45.5 Å². The van der Waals surface area contributed by atoms with Gasteiger partial charge >= 0.3 is 0 Å². The number of nitrogens with one attached hydrogen (secondary N) is 1. The molecular weight excluding hydrogens is 498 g/mol. The van der Waals surface area contributed by atoms with Gasteiger partial charge in [0.15, 0.2) is 0 Å². The molecule has 5 heteroatoms. The topological polar surface area (TPSA) is 46.4 Å². The molecule has 1 amide bonds. The molecule has 0 radical (unpaired) electrons. The third-order valence-corrected chi connectivity index (χ3v) is 8.89. The predicted octanol–water partition coefficient (Wildman–Crippen LogP) is 8.72. The third-order valence-electron chi connectivity index (χ3n) is 7.69. The highest BCUT2D eigenvalue weighted by atomic mass is 32.1. The standard InChI is InChI=1S/C34H33N3OS/c1-24-29(27-18-12-13-20-30(27)37(24)23-25-14-6-4-7-15-25)22-35-34-32(33(38)36-26-16-8-5-9-17-26)28-19-10-2-3-11-21-31(28)39-34/h4-9,12-18,20,22H,2-3,10-11,19,21,23H2,1H3,(H,36,38). The number of benzene rings is 3. The van der Waals surface area contributed by atoms with E-state index in [0.29, 0.717) is 0 Å². The third kappa shape index (κ3) is 5.32. The number of fused-ring (bicyclic) bond motifs is 2. The normalized spacial score (nSPS) is 13.8. The Morgan fingerprint density at radius 1 is 0.897 bits per heavy atom. The SMILES string of the molecule is Cc1c(C=Nc2sc3c(c2C(=O)Nc2ccccc2)CCCCCC3)c2ccccc2n1Cc1ccccc1. The van der Waals surface area contributed by atoms with E-state index in [-0.39, 0.29) is 5.91 Å². The van der Waals surface area contributed by atoms with Gasteiger partial charge in [0.2, 0.25) is 0 Å². The van der Waals surface area contributed by atoms with Gasteiger partial charge in [0.25, 0.3) is 5.91 Å². The molecule has 0 spiro atoms. The monoisotopic (exact) mass is 531 g/mol. The summed E-state index contributed by atoms with van der Waals surface area (Å²) in [5.41, 5.74) is 7.50. The van der Waals surface area contributed by atoms with E-state index >= 15 is 0 Å². The first-order chi connectivity index (χ1) is 19.2. The first-order valence-corrected chi connectivity index (χ1v) is 14.7. The highest BCUT2D eigenvalue weighted by Crippen LogP contribution is 2.39. The zero-order valence-electron chi connectivity index (χ0n) is 22.3. The number of carbonyl (C=O) groups excluding carboxylic acids is 1.